The normalized spacial score (nSPS) is 14.2. The Morgan fingerprint density at radius 2 is 2.25 bits per heavy atom. The van der Waals surface area contributed by atoms with Crippen LogP contribution in [-0.2, 0) is 22.6 Å². The van der Waals surface area contributed by atoms with Gasteiger partial charge >= 0.3 is 0 Å². The Balaban J connectivity index is 1.82. The SMILES string of the molecule is NN(C=O)CC(=O)N1CCc2c([nH]c3ccccc23)C1. The van der Waals surface area contributed by atoms with Crippen LogP contribution in [0.2, 0.25) is 0 Å². The molecule has 1 aliphatic rings. The Morgan fingerprint density at radius 1 is 1.45 bits per heavy atom. The van der Waals surface area contributed by atoms with Crippen molar-refractivity contribution in [3.63, 3.8) is 0 Å². The predicted octanol–water partition coefficient (Wildman–Crippen LogP) is 0.385. The Bertz CT molecular complexity index is 664. The number of rotatable bonds is 3. The maximum Gasteiger partial charge on any atom is 0.244 e. The molecule has 0 bridgehead atoms. The summed E-state index contributed by atoms with van der Waals surface area (Å²) in [5.41, 5.74) is 3.45. The molecule has 0 saturated heterocycles. The molecule has 2 heterocycles. The first-order chi connectivity index (χ1) is 9.69. The number of benzene rings is 1. The molecule has 3 N–H and O–H groups in total. The zero-order valence-corrected chi connectivity index (χ0v) is 11.0. The summed E-state index contributed by atoms with van der Waals surface area (Å²) >= 11 is 0. The molecule has 0 unspecified atom stereocenters. The lowest BCUT2D eigenvalue weighted by atomic mass is 10.0. The maximum atomic E-state index is 12.0. The second kappa shape index (κ2) is 4.97. The van der Waals surface area contributed by atoms with Gasteiger partial charge in [-0.25, -0.2) is 5.84 Å². The first-order valence-electron chi connectivity index (χ1n) is 6.52. The van der Waals surface area contributed by atoms with Gasteiger partial charge in [0.15, 0.2) is 0 Å². The van der Waals surface area contributed by atoms with Crippen molar-refractivity contribution in [1.82, 2.24) is 14.9 Å². The minimum Gasteiger partial charge on any atom is -0.357 e. The van der Waals surface area contributed by atoms with Crippen molar-refractivity contribution in [3.05, 3.63) is 35.5 Å². The molecular weight excluding hydrogens is 256 g/mol. The number of hydrogen-bond donors (Lipinski definition) is 2. The van der Waals surface area contributed by atoms with E-state index in [0.29, 0.717) is 19.5 Å². The average Bonchev–Trinajstić information content (AvgIpc) is 2.84. The van der Waals surface area contributed by atoms with Crippen LogP contribution >= 0.6 is 0 Å². The lowest BCUT2D eigenvalue weighted by Gasteiger charge is -2.28. The van der Waals surface area contributed by atoms with Gasteiger partial charge in [0, 0.05) is 23.1 Å². The highest BCUT2D eigenvalue weighted by Crippen LogP contribution is 2.27. The molecule has 104 valence electrons. The molecule has 2 aromatic rings. The minimum absolute atomic E-state index is 0.0843. The molecule has 0 atom stereocenters. The molecule has 0 fully saturated rings. The third-order valence-electron chi connectivity index (χ3n) is 3.69. The number of amides is 2. The van der Waals surface area contributed by atoms with E-state index in [1.54, 1.807) is 4.90 Å². The number of aromatic amines is 1. The molecule has 0 aliphatic carbocycles. The largest absolute Gasteiger partial charge is 0.357 e. The van der Waals surface area contributed by atoms with E-state index in [1.165, 1.54) is 10.9 Å². The van der Waals surface area contributed by atoms with E-state index in [-0.39, 0.29) is 12.5 Å². The van der Waals surface area contributed by atoms with Gasteiger partial charge in [-0.15, -0.1) is 0 Å². The van der Waals surface area contributed by atoms with Crippen molar-refractivity contribution in [1.29, 1.82) is 0 Å². The van der Waals surface area contributed by atoms with Gasteiger partial charge in [-0.2, -0.15) is 0 Å². The highest BCUT2D eigenvalue weighted by molar-refractivity contribution is 5.86. The third kappa shape index (κ3) is 2.14. The smallest absolute Gasteiger partial charge is 0.244 e. The van der Waals surface area contributed by atoms with E-state index < -0.39 is 0 Å². The molecule has 20 heavy (non-hydrogen) atoms. The summed E-state index contributed by atoms with van der Waals surface area (Å²) in [6, 6.07) is 8.14. The van der Waals surface area contributed by atoms with Crippen LogP contribution in [0.15, 0.2) is 24.3 Å². The second-order valence-corrected chi connectivity index (χ2v) is 4.97. The van der Waals surface area contributed by atoms with Crippen LogP contribution in [-0.4, -0.2) is 40.3 Å². The fourth-order valence-corrected chi connectivity index (χ4v) is 2.70. The number of hydrogen-bond acceptors (Lipinski definition) is 3. The summed E-state index contributed by atoms with van der Waals surface area (Å²) in [5, 5.41) is 2.09. The van der Waals surface area contributed by atoms with E-state index in [9.17, 15) is 9.59 Å². The van der Waals surface area contributed by atoms with Crippen LogP contribution < -0.4 is 5.84 Å². The highest BCUT2D eigenvalue weighted by Gasteiger charge is 2.24. The minimum atomic E-state index is -0.135. The average molecular weight is 272 g/mol. The summed E-state index contributed by atoms with van der Waals surface area (Å²) < 4.78 is 0. The van der Waals surface area contributed by atoms with E-state index in [1.807, 2.05) is 18.2 Å². The molecule has 1 aromatic carbocycles. The molecule has 0 radical (unpaired) electrons. The van der Waals surface area contributed by atoms with Gasteiger partial charge < -0.3 is 9.88 Å². The van der Waals surface area contributed by atoms with Gasteiger partial charge in [0.25, 0.3) is 0 Å². The van der Waals surface area contributed by atoms with Crippen LogP contribution in [0.5, 0.6) is 0 Å². The van der Waals surface area contributed by atoms with E-state index in [0.717, 1.165) is 22.6 Å². The fraction of sp³-hybridized carbons (Fsp3) is 0.286. The monoisotopic (exact) mass is 272 g/mol. The predicted molar refractivity (Wildman–Crippen MR) is 74.4 cm³/mol. The Hall–Kier alpha value is -2.34. The topological polar surface area (TPSA) is 82.4 Å². The number of nitrogens with zero attached hydrogens (tertiary/aromatic N) is 2. The van der Waals surface area contributed by atoms with Gasteiger partial charge in [-0.05, 0) is 18.1 Å². The molecule has 6 heteroatoms. The van der Waals surface area contributed by atoms with Gasteiger partial charge in [0.1, 0.15) is 6.54 Å². The molecule has 0 spiro atoms. The highest BCUT2D eigenvalue weighted by atomic mass is 16.2. The first-order valence-corrected chi connectivity index (χ1v) is 6.52. The Kier molecular flexibility index (Phi) is 3.15. The number of nitrogens with two attached hydrogens (primary N) is 1. The Morgan fingerprint density at radius 3 is 3.05 bits per heavy atom. The van der Waals surface area contributed by atoms with Crippen molar-refractivity contribution in [3.8, 4) is 0 Å². The van der Waals surface area contributed by atoms with Gasteiger partial charge in [-0.3, -0.25) is 14.6 Å². The van der Waals surface area contributed by atoms with Crippen molar-refractivity contribution in [2.75, 3.05) is 13.1 Å². The zero-order chi connectivity index (χ0) is 14.1. The molecule has 0 saturated carbocycles. The number of fused-ring (bicyclic) bond motifs is 3. The van der Waals surface area contributed by atoms with Crippen molar-refractivity contribution in [2.24, 2.45) is 5.84 Å². The lowest BCUT2D eigenvalue weighted by Crippen LogP contribution is -2.44. The third-order valence-corrected chi connectivity index (χ3v) is 3.69. The summed E-state index contributed by atoms with van der Waals surface area (Å²) in [5.74, 6) is 5.21. The Labute approximate surface area is 116 Å². The molecule has 1 aliphatic heterocycles. The lowest BCUT2D eigenvalue weighted by molar-refractivity contribution is -0.136. The standard InChI is InChI=1S/C14H16N4O2/c15-18(9-19)8-14(20)17-6-5-11-10-3-1-2-4-12(10)16-13(11)7-17/h1-4,9,16H,5-8,15H2. The summed E-state index contributed by atoms with van der Waals surface area (Å²) in [6.45, 7) is 1.11. The number of hydrazine groups is 1. The molecular formula is C14H16N4O2. The van der Waals surface area contributed by atoms with Crippen LogP contribution in [0.4, 0.5) is 0 Å². The van der Waals surface area contributed by atoms with Crippen molar-refractivity contribution in [2.45, 2.75) is 13.0 Å². The molecule has 1 aromatic heterocycles. The van der Waals surface area contributed by atoms with Crippen molar-refractivity contribution >= 4 is 23.2 Å². The summed E-state index contributed by atoms with van der Waals surface area (Å²) in [7, 11) is 0. The van der Waals surface area contributed by atoms with Gasteiger partial charge in [-0.1, -0.05) is 18.2 Å². The number of para-hydroxylation sites is 1. The zero-order valence-electron chi connectivity index (χ0n) is 11.0. The van der Waals surface area contributed by atoms with E-state index in [2.05, 4.69) is 11.1 Å². The number of aromatic nitrogens is 1. The number of H-pyrrole nitrogens is 1. The van der Waals surface area contributed by atoms with Crippen LogP contribution in [0.25, 0.3) is 10.9 Å². The van der Waals surface area contributed by atoms with Crippen LogP contribution in [0, 0.1) is 0 Å². The van der Waals surface area contributed by atoms with Gasteiger partial charge in [0.05, 0.1) is 6.54 Å². The van der Waals surface area contributed by atoms with E-state index >= 15 is 0 Å². The van der Waals surface area contributed by atoms with Crippen molar-refractivity contribution < 1.29 is 9.59 Å². The molecule has 2 amide bonds. The first kappa shape index (κ1) is 12.7. The molecule has 3 rings (SSSR count). The van der Waals surface area contributed by atoms with Crippen LogP contribution in [0.1, 0.15) is 11.3 Å². The quantitative estimate of drug-likeness (QED) is 0.367. The molecule has 6 nitrogen and oxygen atoms in total. The van der Waals surface area contributed by atoms with Gasteiger partial charge in [0.2, 0.25) is 12.3 Å². The van der Waals surface area contributed by atoms with Crippen LogP contribution in [0.3, 0.4) is 0 Å². The fourth-order valence-electron chi connectivity index (χ4n) is 2.70. The number of carbonyl (C=O) groups excluding carboxylic acids is 2. The van der Waals surface area contributed by atoms with E-state index in [4.69, 9.17) is 5.84 Å². The summed E-state index contributed by atoms with van der Waals surface area (Å²) in [6.07, 6.45) is 1.27. The second-order valence-electron chi connectivity index (χ2n) is 4.97. The maximum absolute atomic E-state index is 12.0. The number of carbonyl (C=O) groups is 2. The summed E-state index contributed by atoms with van der Waals surface area (Å²) in [4.78, 5) is 27.6. The number of nitrogens with one attached hydrogen (secondary N) is 1.